The first-order chi connectivity index (χ1) is 7.14. The summed E-state index contributed by atoms with van der Waals surface area (Å²) in [6, 6.07) is 10.3. The molecule has 1 aromatic rings. The van der Waals surface area contributed by atoms with Crippen LogP contribution in [0.25, 0.3) is 0 Å². The van der Waals surface area contributed by atoms with E-state index in [1.54, 1.807) is 0 Å². The molecule has 0 heterocycles. The zero-order valence-electron chi connectivity index (χ0n) is 10.1. The Balaban J connectivity index is 2.27. The fourth-order valence-corrected chi connectivity index (χ4v) is 1.77. The average Bonchev–Trinajstić information content (AvgIpc) is 2.19. The maximum atomic E-state index is 5.74. The normalized spacial score (nSPS) is 11.7. The lowest BCUT2D eigenvalue weighted by atomic mass is 9.89. The Kier molecular flexibility index (Phi) is 4.83. The van der Waals surface area contributed by atoms with Crippen LogP contribution in [0.3, 0.4) is 0 Å². The third kappa shape index (κ3) is 4.98. The van der Waals surface area contributed by atoms with Crippen LogP contribution in [0.1, 0.15) is 39.2 Å². The summed E-state index contributed by atoms with van der Waals surface area (Å²) in [5, 5.41) is 0. The summed E-state index contributed by atoms with van der Waals surface area (Å²) in [4.78, 5) is 0. The summed E-state index contributed by atoms with van der Waals surface area (Å²) >= 11 is 0. The van der Waals surface area contributed by atoms with Crippen molar-refractivity contribution in [2.24, 2.45) is 5.41 Å². The summed E-state index contributed by atoms with van der Waals surface area (Å²) in [5.41, 5.74) is 1.56. The summed E-state index contributed by atoms with van der Waals surface area (Å²) in [5.74, 6) is 0. The van der Waals surface area contributed by atoms with Crippen molar-refractivity contribution in [1.82, 2.24) is 0 Å². The Bertz CT molecular complexity index is 264. The van der Waals surface area contributed by atoms with Crippen LogP contribution in [0.15, 0.2) is 30.3 Å². The Labute approximate surface area is 93.5 Å². The van der Waals surface area contributed by atoms with Crippen LogP contribution in [0.2, 0.25) is 0 Å². The average molecular weight is 206 g/mol. The zero-order chi connectivity index (χ0) is 11.1. The third-order valence-corrected chi connectivity index (χ3v) is 2.53. The maximum absolute atomic E-state index is 5.74. The molecule has 0 radical (unpaired) electrons. The van der Waals surface area contributed by atoms with Gasteiger partial charge in [-0.15, -0.1) is 0 Å². The molecule has 0 amide bonds. The molecule has 0 unspecified atom stereocenters. The van der Waals surface area contributed by atoms with Crippen molar-refractivity contribution in [2.45, 2.75) is 40.2 Å². The van der Waals surface area contributed by atoms with Crippen LogP contribution in [0, 0.1) is 5.41 Å². The second-order valence-electron chi connectivity index (χ2n) is 4.89. The van der Waals surface area contributed by atoms with E-state index in [1.807, 2.05) is 6.07 Å². The smallest absolute Gasteiger partial charge is 0.0717 e. The highest BCUT2D eigenvalue weighted by molar-refractivity contribution is 5.13. The Morgan fingerprint density at radius 3 is 2.40 bits per heavy atom. The molecule has 0 aliphatic heterocycles. The van der Waals surface area contributed by atoms with E-state index in [9.17, 15) is 0 Å². The first-order valence-electron chi connectivity index (χ1n) is 5.76. The molecule has 0 spiro atoms. The lowest BCUT2D eigenvalue weighted by Crippen LogP contribution is -2.18. The van der Waals surface area contributed by atoms with Gasteiger partial charge in [0.2, 0.25) is 0 Å². The van der Waals surface area contributed by atoms with Gasteiger partial charge < -0.3 is 4.74 Å². The van der Waals surface area contributed by atoms with Gasteiger partial charge in [0.05, 0.1) is 13.2 Å². The maximum Gasteiger partial charge on any atom is 0.0717 e. The largest absolute Gasteiger partial charge is 0.376 e. The Morgan fingerprint density at radius 2 is 1.80 bits per heavy atom. The molecule has 1 aromatic carbocycles. The fourth-order valence-electron chi connectivity index (χ4n) is 1.77. The van der Waals surface area contributed by atoms with E-state index >= 15 is 0 Å². The molecule has 0 aliphatic rings. The van der Waals surface area contributed by atoms with Gasteiger partial charge in [-0.05, 0) is 17.4 Å². The van der Waals surface area contributed by atoms with Crippen LogP contribution in [0.4, 0.5) is 0 Å². The molecular formula is C14H22O. The van der Waals surface area contributed by atoms with Gasteiger partial charge in [-0.3, -0.25) is 0 Å². The van der Waals surface area contributed by atoms with E-state index in [4.69, 9.17) is 4.74 Å². The van der Waals surface area contributed by atoms with Gasteiger partial charge in [-0.1, -0.05) is 57.5 Å². The molecule has 0 atom stereocenters. The molecule has 0 N–H and O–H groups in total. The minimum absolute atomic E-state index is 0.309. The summed E-state index contributed by atoms with van der Waals surface area (Å²) in [6.45, 7) is 8.33. The Morgan fingerprint density at radius 1 is 1.13 bits per heavy atom. The highest BCUT2D eigenvalue weighted by Gasteiger charge is 2.16. The standard InChI is InChI=1S/C14H22O/c1-4-10-14(2,3)12-15-11-13-8-6-5-7-9-13/h5-9H,4,10-12H2,1-3H3. The van der Waals surface area contributed by atoms with Crippen molar-refractivity contribution in [1.29, 1.82) is 0 Å². The number of hydrogen-bond acceptors (Lipinski definition) is 1. The molecule has 15 heavy (non-hydrogen) atoms. The second-order valence-corrected chi connectivity index (χ2v) is 4.89. The lowest BCUT2D eigenvalue weighted by Gasteiger charge is -2.23. The molecule has 1 rings (SSSR count). The van der Waals surface area contributed by atoms with Crippen LogP contribution in [-0.4, -0.2) is 6.61 Å². The van der Waals surface area contributed by atoms with Crippen molar-refractivity contribution in [3.05, 3.63) is 35.9 Å². The SMILES string of the molecule is CCCC(C)(C)COCc1ccccc1. The lowest BCUT2D eigenvalue weighted by molar-refractivity contribution is 0.0468. The van der Waals surface area contributed by atoms with Crippen molar-refractivity contribution in [3.8, 4) is 0 Å². The van der Waals surface area contributed by atoms with Crippen LogP contribution < -0.4 is 0 Å². The van der Waals surface area contributed by atoms with Gasteiger partial charge in [-0.2, -0.15) is 0 Å². The number of rotatable bonds is 6. The number of benzene rings is 1. The van der Waals surface area contributed by atoms with Gasteiger partial charge in [0.25, 0.3) is 0 Å². The van der Waals surface area contributed by atoms with Crippen LogP contribution in [-0.2, 0) is 11.3 Å². The van der Waals surface area contributed by atoms with E-state index in [1.165, 1.54) is 18.4 Å². The topological polar surface area (TPSA) is 9.23 Å². The van der Waals surface area contributed by atoms with Crippen LogP contribution >= 0.6 is 0 Å². The zero-order valence-corrected chi connectivity index (χ0v) is 10.1. The monoisotopic (exact) mass is 206 g/mol. The van der Waals surface area contributed by atoms with Crippen molar-refractivity contribution >= 4 is 0 Å². The van der Waals surface area contributed by atoms with Gasteiger partial charge >= 0.3 is 0 Å². The number of ether oxygens (including phenoxy) is 1. The molecule has 1 heteroatoms. The summed E-state index contributed by atoms with van der Waals surface area (Å²) in [6.07, 6.45) is 2.45. The molecule has 0 aromatic heterocycles. The second kappa shape index (κ2) is 5.92. The molecule has 0 saturated carbocycles. The van der Waals surface area contributed by atoms with E-state index in [2.05, 4.69) is 45.0 Å². The minimum atomic E-state index is 0.309. The first-order valence-corrected chi connectivity index (χ1v) is 5.76. The molecule has 0 aliphatic carbocycles. The Hall–Kier alpha value is -0.820. The fraction of sp³-hybridized carbons (Fsp3) is 0.571. The van der Waals surface area contributed by atoms with E-state index in [0.717, 1.165) is 13.2 Å². The van der Waals surface area contributed by atoms with E-state index in [0.29, 0.717) is 5.41 Å². The minimum Gasteiger partial charge on any atom is -0.376 e. The van der Waals surface area contributed by atoms with Crippen molar-refractivity contribution < 1.29 is 4.74 Å². The molecule has 1 nitrogen and oxygen atoms in total. The molecule has 84 valence electrons. The summed E-state index contributed by atoms with van der Waals surface area (Å²) in [7, 11) is 0. The third-order valence-electron chi connectivity index (χ3n) is 2.53. The molecule has 0 saturated heterocycles. The number of hydrogen-bond donors (Lipinski definition) is 0. The highest BCUT2D eigenvalue weighted by atomic mass is 16.5. The molecule has 0 bridgehead atoms. The van der Waals surface area contributed by atoms with E-state index in [-0.39, 0.29) is 0 Å². The quantitative estimate of drug-likeness (QED) is 0.683. The van der Waals surface area contributed by atoms with Gasteiger partial charge in [0, 0.05) is 0 Å². The first kappa shape index (κ1) is 12.3. The highest BCUT2D eigenvalue weighted by Crippen LogP contribution is 2.22. The predicted octanol–water partition coefficient (Wildman–Crippen LogP) is 4.03. The predicted molar refractivity (Wildman–Crippen MR) is 64.8 cm³/mol. The van der Waals surface area contributed by atoms with Gasteiger partial charge in [0.15, 0.2) is 0 Å². The van der Waals surface area contributed by atoms with Crippen LogP contribution in [0.5, 0.6) is 0 Å². The van der Waals surface area contributed by atoms with Crippen molar-refractivity contribution in [3.63, 3.8) is 0 Å². The molecular weight excluding hydrogens is 184 g/mol. The molecule has 0 fully saturated rings. The van der Waals surface area contributed by atoms with Gasteiger partial charge in [-0.25, -0.2) is 0 Å². The van der Waals surface area contributed by atoms with Gasteiger partial charge in [0.1, 0.15) is 0 Å². The van der Waals surface area contributed by atoms with Crippen molar-refractivity contribution in [2.75, 3.05) is 6.61 Å². The summed E-state index contributed by atoms with van der Waals surface area (Å²) < 4.78 is 5.74. The van der Waals surface area contributed by atoms with E-state index < -0.39 is 0 Å².